The molecule has 3 aliphatic rings. The van der Waals surface area contributed by atoms with Gasteiger partial charge in [0.1, 0.15) is 29.3 Å². The van der Waals surface area contributed by atoms with Gasteiger partial charge < -0.3 is 19.1 Å². The molecule has 1 N–H and O–H groups in total. The van der Waals surface area contributed by atoms with Crippen LogP contribution < -0.4 is 4.74 Å². The standard InChI is InChI=1S/C33H30ClF2N3O4/c34-21-5-6-24(26(35)15-21)30-16-27(36)25-3-1-2-23(32(25)43-30)19-8-11-38(12-9-19)18-31-37-28-7-4-20(33(40)41)14-29(28)39(31)17-22-10-13-42-22/h1-7,14-16,19,22,30H,8-13,17-18H2,(H,40,41)/t22-,30+/m0/s1/i30D. The summed E-state index contributed by atoms with van der Waals surface area (Å²) in [6.45, 7) is 3.41. The maximum Gasteiger partial charge on any atom is 0.335 e. The molecule has 43 heavy (non-hydrogen) atoms. The molecule has 0 bridgehead atoms. The molecule has 0 unspecified atom stereocenters. The number of fused-ring (bicyclic) bond motifs is 2. The van der Waals surface area contributed by atoms with E-state index in [0.717, 1.165) is 73.5 Å². The number of para-hydroxylation sites is 1. The zero-order valence-corrected chi connectivity index (χ0v) is 24.0. The second kappa shape index (κ2) is 11.4. The van der Waals surface area contributed by atoms with Gasteiger partial charge in [0.2, 0.25) is 0 Å². The summed E-state index contributed by atoms with van der Waals surface area (Å²) in [4.78, 5) is 18.8. The molecule has 1 aromatic heterocycles. The third-order valence-corrected chi connectivity index (χ3v) is 8.85. The van der Waals surface area contributed by atoms with Crippen molar-refractivity contribution < 1.29 is 29.5 Å². The number of aromatic nitrogens is 2. The maximum absolute atomic E-state index is 15.4. The van der Waals surface area contributed by atoms with E-state index in [1.807, 2.05) is 6.07 Å². The summed E-state index contributed by atoms with van der Waals surface area (Å²) in [6.07, 6.45) is 1.48. The van der Waals surface area contributed by atoms with Gasteiger partial charge >= 0.3 is 5.97 Å². The fraction of sp³-hybridized carbons (Fsp3) is 0.333. The molecule has 7 rings (SSSR count). The molecular weight excluding hydrogens is 576 g/mol. The first-order valence-corrected chi connectivity index (χ1v) is 14.8. The van der Waals surface area contributed by atoms with E-state index in [9.17, 15) is 14.3 Å². The van der Waals surface area contributed by atoms with Crippen molar-refractivity contribution in [1.29, 1.82) is 0 Å². The number of likely N-dealkylation sites (tertiary alicyclic amines) is 1. The van der Waals surface area contributed by atoms with Crippen molar-refractivity contribution in [2.75, 3.05) is 19.7 Å². The van der Waals surface area contributed by atoms with Gasteiger partial charge in [-0.2, -0.15) is 0 Å². The van der Waals surface area contributed by atoms with Gasteiger partial charge in [0.05, 0.1) is 42.7 Å². The summed E-state index contributed by atoms with van der Waals surface area (Å²) in [7, 11) is 0. The van der Waals surface area contributed by atoms with Gasteiger partial charge in [-0.25, -0.2) is 18.6 Å². The van der Waals surface area contributed by atoms with E-state index in [2.05, 4.69) is 9.47 Å². The third-order valence-electron chi connectivity index (χ3n) is 8.62. The Balaban J connectivity index is 1.11. The fourth-order valence-electron chi connectivity index (χ4n) is 6.20. The molecular formula is C33H30ClF2N3O4. The molecule has 0 amide bonds. The largest absolute Gasteiger partial charge is 0.480 e. The average Bonchev–Trinajstić information content (AvgIpc) is 3.30. The number of aromatic carboxylic acids is 1. The van der Waals surface area contributed by atoms with Crippen molar-refractivity contribution in [3.63, 3.8) is 0 Å². The van der Waals surface area contributed by atoms with Crippen LogP contribution in [0.15, 0.2) is 60.7 Å². The van der Waals surface area contributed by atoms with Gasteiger partial charge in [0.15, 0.2) is 0 Å². The van der Waals surface area contributed by atoms with E-state index < -0.39 is 23.7 Å². The lowest BCUT2D eigenvalue weighted by molar-refractivity contribution is -0.0592. The van der Waals surface area contributed by atoms with E-state index in [-0.39, 0.29) is 39.5 Å². The summed E-state index contributed by atoms with van der Waals surface area (Å²) < 4.78 is 53.0. The normalized spacial score (nSPS) is 22.8. The number of piperidine rings is 1. The van der Waals surface area contributed by atoms with Crippen LogP contribution >= 0.6 is 11.6 Å². The smallest absolute Gasteiger partial charge is 0.335 e. The highest BCUT2D eigenvalue weighted by Crippen LogP contribution is 2.45. The first kappa shape index (κ1) is 26.8. The minimum absolute atomic E-state index is 0.0479. The number of carbonyl (C=O) groups is 1. The predicted octanol–water partition coefficient (Wildman–Crippen LogP) is 7.14. The van der Waals surface area contributed by atoms with E-state index in [1.54, 1.807) is 30.3 Å². The molecule has 2 atom stereocenters. The quantitative estimate of drug-likeness (QED) is 0.241. The molecule has 7 nitrogen and oxygen atoms in total. The number of nitrogens with zero attached hydrogens (tertiary/aromatic N) is 3. The zero-order chi connectivity index (χ0) is 30.6. The van der Waals surface area contributed by atoms with Crippen LogP contribution in [-0.4, -0.2) is 51.3 Å². The van der Waals surface area contributed by atoms with Crippen LogP contribution in [0.5, 0.6) is 5.75 Å². The number of ether oxygens (including phenoxy) is 2. The number of hydrogen-bond donors (Lipinski definition) is 1. The summed E-state index contributed by atoms with van der Waals surface area (Å²) in [5.41, 5.74) is 2.69. The number of carboxylic acids is 1. The highest BCUT2D eigenvalue weighted by Gasteiger charge is 2.31. The van der Waals surface area contributed by atoms with E-state index in [1.165, 1.54) is 12.1 Å². The van der Waals surface area contributed by atoms with Gasteiger partial charge in [-0.05, 0) is 86.3 Å². The molecule has 0 aliphatic carbocycles. The van der Waals surface area contributed by atoms with E-state index >= 15 is 4.39 Å². The molecule has 0 radical (unpaired) electrons. The highest BCUT2D eigenvalue weighted by atomic mass is 35.5. The van der Waals surface area contributed by atoms with Crippen molar-refractivity contribution in [1.82, 2.24) is 14.5 Å². The Kier molecular flexibility index (Phi) is 7.09. The van der Waals surface area contributed by atoms with Crippen LogP contribution in [0.2, 0.25) is 5.02 Å². The van der Waals surface area contributed by atoms with Crippen LogP contribution in [0.4, 0.5) is 8.78 Å². The van der Waals surface area contributed by atoms with Crippen molar-refractivity contribution in [2.45, 2.75) is 50.5 Å². The zero-order valence-electron chi connectivity index (χ0n) is 24.2. The van der Waals surface area contributed by atoms with Crippen LogP contribution in [-0.2, 0) is 17.8 Å². The summed E-state index contributed by atoms with van der Waals surface area (Å²) in [5, 5.41) is 9.71. The predicted molar refractivity (Wildman–Crippen MR) is 159 cm³/mol. The van der Waals surface area contributed by atoms with Crippen molar-refractivity contribution >= 4 is 34.4 Å². The molecule has 3 aromatic carbocycles. The Morgan fingerprint density at radius 1 is 1.09 bits per heavy atom. The monoisotopic (exact) mass is 606 g/mol. The van der Waals surface area contributed by atoms with Gasteiger partial charge in [-0.1, -0.05) is 29.8 Å². The number of benzene rings is 3. The minimum Gasteiger partial charge on any atom is -0.480 e. The Morgan fingerprint density at radius 3 is 2.63 bits per heavy atom. The summed E-state index contributed by atoms with van der Waals surface area (Å²) in [5.74, 6) is -1.17. The number of imidazole rings is 1. The molecule has 0 saturated carbocycles. The lowest BCUT2D eigenvalue weighted by Gasteiger charge is -2.34. The SMILES string of the molecule is [2H][C@]1(c2ccc(Cl)cc2F)C=C(F)c2cccc(C3CCN(Cc4nc5ccc(C(=O)O)cc5n4C[C@@H]4CCO4)CC3)c2O1. The van der Waals surface area contributed by atoms with Crippen LogP contribution in [0, 0.1) is 5.82 Å². The molecule has 3 aliphatic heterocycles. The lowest BCUT2D eigenvalue weighted by atomic mass is 9.86. The van der Waals surface area contributed by atoms with Crippen LogP contribution in [0.3, 0.4) is 0 Å². The summed E-state index contributed by atoms with van der Waals surface area (Å²) >= 11 is 5.91. The molecule has 222 valence electrons. The van der Waals surface area contributed by atoms with Gasteiger partial charge in [-0.3, -0.25) is 4.90 Å². The van der Waals surface area contributed by atoms with Gasteiger partial charge in [0, 0.05) is 17.2 Å². The Labute approximate surface area is 253 Å². The Hall–Kier alpha value is -3.79. The van der Waals surface area contributed by atoms with Crippen molar-refractivity contribution in [2.24, 2.45) is 0 Å². The summed E-state index contributed by atoms with van der Waals surface area (Å²) in [6, 6.07) is 14.2. The van der Waals surface area contributed by atoms with Crippen molar-refractivity contribution in [3.05, 3.63) is 99.6 Å². The topological polar surface area (TPSA) is 76.8 Å². The van der Waals surface area contributed by atoms with E-state index in [4.69, 9.17) is 27.4 Å². The second-order valence-electron chi connectivity index (χ2n) is 11.3. The van der Waals surface area contributed by atoms with E-state index in [0.29, 0.717) is 13.1 Å². The molecule has 2 saturated heterocycles. The molecule has 0 spiro atoms. The highest BCUT2D eigenvalue weighted by molar-refractivity contribution is 6.30. The Bertz CT molecular complexity index is 1800. The van der Waals surface area contributed by atoms with Crippen LogP contribution in [0.25, 0.3) is 16.9 Å². The number of carboxylic acid groups (broad SMARTS) is 1. The van der Waals surface area contributed by atoms with Crippen molar-refractivity contribution in [3.8, 4) is 5.75 Å². The molecule has 2 fully saturated rings. The molecule has 10 heteroatoms. The fourth-order valence-corrected chi connectivity index (χ4v) is 6.36. The first-order valence-electron chi connectivity index (χ1n) is 14.9. The minimum atomic E-state index is -2.08. The molecule has 4 heterocycles. The average molecular weight is 607 g/mol. The van der Waals surface area contributed by atoms with Gasteiger partial charge in [0.25, 0.3) is 0 Å². The number of hydrogen-bond acceptors (Lipinski definition) is 5. The third kappa shape index (κ3) is 5.41. The van der Waals surface area contributed by atoms with Crippen LogP contribution in [0.1, 0.15) is 65.5 Å². The Morgan fingerprint density at radius 2 is 1.91 bits per heavy atom. The lowest BCUT2D eigenvalue weighted by Crippen LogP contribution is -2.35. The first-order chi connectivity index (χ1) is 21.2. The second-order valence-corrected chi connectivity index (χ2v) is 11.7. The maximum atomic E-state index is 15.4. The van der Waals surface area contributed by atoms with Gasteiger partial charge in [-0.15, -0.1) is 0 Å². The number of rotatable bonds is 7. The number of halogens is 3. The molecule has 4 aromatic rings.